The molecule has 0 bridgehead atoms. The maximum absolute atomic E-state index is 10.4. The summed E-state index contributed by atoms with van der Waals surface area (Å²) in [6.45, 7) is 4.15. The van der Waals surface area contributed by atoms with Crippen LogP contribution in [-0.2, 0) is 5.54 Å². The van der Waals surface area contributed by atoms with Gasteiger partial charge in [0, 0.05) is 11.1 Å². The van der Waals surface area contributed by atoms with Crippen molar-refractivity contribution in [2.45, 2.75) is 25.3 Å². The zero-order chi connectivity index (χ0) is 12.8. The van der Waals surface area contributed by atoms with Crippen LogP contribution in [0.5, 0.6) is 17.2 Å². The quantitative estimate of drug-likeness (QED) is 0.836. The topological polar surface area (TPSA) is 50.7 Å². The van der Waals surface area contributed by atoms with Crippen LogP contribution in [0.1, 0.15) is 25.3 Å². The lowest BCUT2D eigenvalue weighted by atomic mass is 9.89. The Morgan fingerprint density at radius 1 is 1.39 bits per heavy atom. The first-order chi connectivity index (χ1) is 8.62. The number of benzene rings is 1. The van der Waals surface area contributed by atoms with Gasteiger partial charge >= 0.3 is 0 Å². The first-order valence-corrected chi connectivity index (χ1v) is 6.98. The molecule has 0 amide bonds. The Labute approximate surface area is 114 Å². The van der Waals surface area contributed by atoms with Gasteiger partial charge < -0.3 is 19.9 Å². The summed E-state index contributed by atoms with van der Waals surface area (Å²) in [6.07, 6.45) is 2.12. The first-order valence-electron chi connectivity index (χ1n) is 6.18. The highest BCUT2D eigenvalue weighted by molar-refractivity contribution is 9.10. The molecule has 2 aliphatic heterocycles. The smallest absolute Gasteiger partial charge is 0.179 e. The first kappa shape index (κ1) is 12.1. The molecule has 2 aliphatic rings. The van der Waals surface area contributed by atoms with Crippen LogP contribution >= 0.6 is 15.9 Å². The van der Waals surface area contributed by atoms with E-state index in [1.807, 2.05) is 6.07 Å². The number of hydrogen-bond acceptors (Lipinski definition) is 4. The molecule has 4 nitrogen and oxygen atoms in total. The zero-order valence-electron chi connectivity index (χ0n) is 10.3. The number of halogens is 1. The Kier molecular flexibility index (Phi) is 2.90. The monoisotopic (exact) mass is 313 g/mol. The molecule has 1 fully saturated rings. The molecule has 1 aromatic rings. The van der Waals surface area contributed by atoms with Crippen molar-refractivity contribution in [1.29, 1.82) is 0 Å². The molecular weight excluding hydrogens is 298 g/mol. The van der Waals surface area contributed by atoms with Crippen LogP contribution in [0.4, 0.5) is 0 Å². The molecule has 1 atom stereocenters. The number of rotatable bonds is 1. The van der Waals surface area contributed by atoms with Crippen molar-refractivity contribution < 1.29 is 14.6 Å². The fourth-order valence-corrected chi connectivity index (χ4v) is 3.20. The average molecular weight is 314 g/mol. The molecule has 2 N–H and O–H groups in total. The molecule has 1 unspecified atom stereocenters. The van der Waals surface area contributed by atoms with E-state index < -0.39 is 0 Å². The molecule has 0 spiro atoms. The lowest BCUT2D eigenvalue weighted by Gasteiger charge is -2.29. The summed E-state index contributed by atoms with van der Waals surface area (Å²) in [4.78, 5) is 0. The predicted octanol–water partition coefficient (Wildman–Crippen LogP) is 2.52. The van der Waals surface area contributed by atoms with E-state index in [9.17, 15) is 5.11 Å². The van der Waals surface area contributed by atoms with Gasteiger partial charge in [-0.2, -0.15) is 0 Å². The lowest BCUT2D eigenvalue weighted by molar-refractivity contribution is 0.168. The summed E-state index contributed by atoms with van der Waals surface area (Å²) >= 11 is 3.41. The van der Waals surface area contributed by atoms with Gasteiger partial charge in [-0.15, -0.1) is 0 Å². The Morgan fingerprint density at radius 3 is 2.89 bits per heavy atom. The van der Waals surface area contributed by atoms with E-state index in [4.69, 9.17) is 9.47 Å². The van der Waals surface area contributed by atoms with E-state index in [1.165, 1.54) is 0 Å². The standard InChI is InChI=1S/C13H16BrNO3/c1-13(3-2-4-15-13)8-7-9-12(10(14)11(8)16)18-6-5-17-9/h7,15-16H,2-6H2,1H3. The number of fused-ring (bicyclic) bond motifs is 1. The fraction of sp³-hybridized carbons (Fsp3) is 0.538. The van der Waals surface area contributed by atoms with E-state index in [0.717, 1.165) is 24.9 Å². The highest BCUT2D eigenvalue weighted by Crippen LogP contribution is 2.49. The van der Waals surface area contributed by atoms with Crippen molar-refractivity contribution >= 4 is 15.9 Å². The van der Waals surface area contributed by atoms with Crippen molar-refractivity contribution in [3.05, 3.63) is 16.1 Å². The lowest BCUT2D eigenvalue weighted by Crippen LogP contribution is -2.33. The number of phenols is 1. The van der Waals surface area contributed by atoms with Crippen LogP contribution in [0.25, 0.3) is 0 Å². The van der Waals surface area contributed by atoms with Crippen molar-refractivity contribution in [1.82, 2.24) is 5.32 Å². The van der Waals surface area contributed by atoms with Gasteiger partial charge in [0.1, 0.15) is 23.4 Å². The number of phenolic OH excluding ortho intramolecular Hbond substituents is 1. The Hall–Kier alpha value is -0.940. The number of nitrogens with one attached hydrogen (secondary N) is 1. The third-order valence-electron chi connectivity index (χ3n) is 3.71. The molecule has 0 aromatic heterocycles. The minimum atomic E-state index is -0.192. The Bertz CT molecular complexity index is 484. The van der Waals surface area contributed by atoms with E-state index in [0.29, 0.717) is 29.2 Å². The summed E-state index contributed by atoms with van der Waals surface area (Å²) in [6, 6.07) is 1.90. The van der Waals surface area contributed by atoms with Gasteiger partial charge in [0.15, 0.2) is 11.5 Å². The van der Waals surface area contributed by atoms with Crippen LogP contribution < -0.4 is 14.8 Å². The van der Waals surface area contributed by atoms with Crippen LogP contribution in [-0.4, -0.2) is 24.9 Å². The molecular formula is C13H16BrNO3. The van der Waals surface area contributed by atoms with Gasteiger partial charge in [-0.05, 0) is 48.3 Å². The second kappa shape index (κ2) is 4.31. The Morgan fingerprint density at radius 2 is 2.17 bits per heavy atom. The maximum atomic E-state index is 10.4. The molecule has 1 saturated heterocycles. The summed E-state index contributed by atoms with van der Waals surface area (Å²) in [7, 11) is 0. The van der Waals surface area contributed by atoms with Gasteiger partial charge in [0.2, 0.25) is 0 Å². The number of hydrogen-bond donors (Lipinski definition) is 2. The number of ether oxygens (including phenoxy) is 2. The van der Waals surface area contributed by atoms with E-state index in [1.54, 1.807) is 0 Å². The van der Waals surface area contributed by atoms with E-state index in [-0.39, 0.29) is 11.3 Å². The van der Waals surface area contributed by atoms with Crippen LogP contribution in [0.15, 0.2) is 10.5 Å². The molecule has 98 valence electrons. The predicted molar refractivity (Wildman–Crippen MR) is 71.4 cm³/mol. The Balaban J connectivity index is 2.13. The summed E-state index contributed by atoms with van der Waals surface area (Å²) in [5, 5.41) is 13.8. The zero-order valence-corrected chi connectivity index (χ0v) is 11.8. The van der Waals surface area contributed by atoms with Gasteiger partial charge in [-0.25, -0.2) is 0 Å². The van der Waals surface area contributed by atoms with Crippen LogP contribution in [0, 0.1) is 0 Å². The van der Waals surface area contributed by atoms with Crippen molar-refractivity contribution in [2.75, 3.05) is 19.8 Å². The minimum Gasteiger partial charge on any atom is -0.506 e. The molecule has 3 rings (SSSR count). The average Bonchev–Trinajstić information content (AvgIpc) is 2.82. The fourth-order valence-electron chi connectivity index (χ4n) is 2.68. The maximum Gasteiger partial charge on any atom is 0.179 e. The third-order valence-corrected chi connectivity index (χ3v) is 4.45. The summed E-state index contributed by atoms with van der Waals surface area (Å²) in [5.41, 5.74) is 0.679. The number of aromatic hydroxyl groups is 1. The van der Waals surface area contributed by atoms with Crippen LogP contribution in [0.2, 0.25) is 0 Å². The van der Waals surface area contributed by atoms with Gasteiger partial charge in [-0.1, -0.05) is 0 Å². The normalized spacial score (nSPS) is 26.3. The molecule has 0 aliphatic carbocycles. The SMILES string of the molecule is CC1(c2cc3c(c(Br)c2O)OCCO3)CCCN1. The van der Waals surface area contributed by atoms with E-state index in [2.05, 4.69) is 28.2 Å². The van der Waals surface area contributed by atoms with Gasteiger partial charge in [-0.3, -0.25) is 0 Å². The molecule has 5 heteroatoms. The van der Waals surface area contributed by atoms with Crippen molar-refractivity contribution in [3.8, 4) is 17.2 Å². The second-order valence-electron chi connectivity index (χ2n) is 4.97. The van der Waals surface area contributed by atoms with Gasteiger partial charge in [0.05, 0.1) is 0 Å². The van der Waals surface area contributed by atoms with Crippen molar-refractivity contribution in [2.24, 2.45) is 0 Å². The molecule has 2 heterocycles. The van der Waals surface area contributed by atoms with Gasteiger partial charge in [0.25, 0.3) is 0 Å². The third kappa shape index (κ3) is 1.77. The van der Waals surface area contributed by atoms with Crippen molar-refractivity contribution in [3.63, 3.8) is 0 Å². The molecule has 1 aromatic carbocycles. The highest BCUT2D eigenvalue weighted by Gasteiger charge is 2.35. The molecule has 0 radical (unpaired) electrons. The molecule has 0 saturated carbocycles. The molecule has 18 heavy (non-hydrogen) atoms. The summed E-state index contributed by atoms with van der Waals surface area (Å²) in [5.74, 6) is 1.55. The van der Waals surface area contributed by atoms with E-state index >= 15 is 0 Å². The largest absolute Gasteiger partial charge is 0.506 e. The van der Waals surface area contributed by atoms with Crippen LogP contribution in [0.3, 0.4) is 0 Å². The second-order valence-corrected chi connectivity index (χ2v) is 5.77. The summed E-state index contributed by atoms with van der Waals surface area (Å²) < 4.78 is 11.7. The highest BCUT2D eigenvalue weighted by atomic mass is 79.9. The minimum absolute atomic E-state index is 0.192.